The van der Waals surface area contributed by atoms with Crippen molar-refractivity contribution >= 4 is 51.6 Å². The van der Waals surface area contributed by atoms with Crippen molar-refractivity contribution in [3.63, 3.8) is 0 Å². The van der Waals surface area contributed by atoms with Gasteiger partial charge < -0.3 is 19.4 Å². The minimum atomic E-state index is -1.52. The van der Waals surface area contributed by atoms with Crippen LogP contribution in [0.2, 0.25) is 0 Å². The Hall–Kier alpha value is -4.32. The molecule has 0 saturated heterocycles. The zero-order valence-corrected chi connectivity index (χ0v) is 21.2. The van der Waals surface area contributed by atoms with Gasteiger partial charge in [0.15, 0.2) is 0 Å². The van der Waals surface area contributed by atoms with E-state index in [1.54, 1.807) is 12.1 Å². The van der Waals surface area contributed by atoms with Gasteiger partial charge in [0, 0.05) is 39.2 Å². The SMILES string of the molecule is CC1(C)c2ccccc2-c2c(N(c3ccc(B(O)O)cc3)c3ccc4c(c3)oc3ccccc34)cccc21. The van der Waals surface area contributed by atoms with Crippen LogP contribution in [0.25, 0.3) is 33.1 Å². The van der Waals surface area contributed by atoms with E-state index in [0.717, 1.165) is 39.0 Å². The van der Waals surface area contributed by atoms with E-state index in [4.69, 9.17) is 4.42 Å². The molecule has 1 aliphatic rings. The summed E-state index contributed by atoms with van der Waals surface area (Å²) in [6.45, 7) is 4.56. The Kier molecular flexibility index (Phi) is 5.02. The van der Waals surface area contributed by atoms with E-state index >= 15 is 0 Å². The molecule has 0 radical (unpaired) electrons. The Labute approximate surface area is 221 Å². The van der Waals surface area contributed by atoms with Gasteiger partial charge in [-0.1, -0.05) is 80.6 Å². The summed E-state index contributed by atoms with van der Waals surface area (Å²) in [7, 11) is -1.52. The third kappa shape index (κ3) is 3.33. The highest BCUT2D eigenvalue weighted by molar-refractivity contribution is 6.58. The standard InChI is InChI=1S/C33H26BNO3/c1-33(2)27-10-5-3-9-26(27)32-28(33)11-7-12-29(32)35(22-16-14-21(15-17-22)34(36)37)23-18-19-25-24-8-4-6-13-30(24)38-31(25)20-23/h3-20,36-37H,1-2H3. The summed E-state index contributed by atoms with van der Waals surface area (Å²) in [4.78, 5) is 2.23. The maximum atomic E-state index is 9.70. The molecule has 0 fully saturated rings. The lowest BCUT2D eigenvalue weighted by atomic mass is 9.80. The first-order valence-electron chi connectivity index (χ1n) is 12.8. The Bertz CT molecular complexity index is 1840. The van der Waals surface area contributed by atoms with Crippen LogP contribution in [0.5, 0.6) is 0 Å². The number of benzene rings is 5. The lowest BCUT2D eigenvalue weighted by Gasteiger charge is -2.29. The van der Waals surface area contributed by atoms with E-state index in [9.17, 15) is 10.0 Å². The summed E-state index contributed by atoms with van der Waals surface area (Å²) in [6.07, 6.45) is 0. The predicted octanol–water partition coefficient (Wildman–Crippen LogP) is 7.04. The van der Waals surface area contributed by atoms with Crippen LogP contribution in [0.3, 0.4) is 0 Å². The molecule has 6 aromatic rings. The van der Waals surface area contributed by atoms with Crippen molar-refractivity contribution in [1.29, 1.82) is 0 Å². The normalized spacial score (nSPS) is 13.5. The zero-order chi connectivity index (χ0) is 26.0. The summed E-state index contributed by atoms with van der Waals surface area (Å²) in [6, 6.07) is 37.0. The molecule has 184 valence electrons. The average Bonchev–Trinajstić information content (AvgIpc) is 3.42. The molecule has 4 nitrogen and oxygen atoms in total. The third-order valence-corrected chi connectivity index (χ3v) is 7.90. The number of nitrogens with zero attached hydrogens (tertiary/aromatic N) is 1. The maximum Gasteiger partial charge on any atom is 0.488 e. The molecule has 0 atom stereocenters. The summed E-state index contributed by atoms with van der Waals surface area (Å²) >= 11 is 0. The van der Waals surface area contributed by atoms with Gasteiger partial charge in [-0.2, -0.15) is 0 Å². The van der Waals surface area contributed by atoms with Crippen LogP contribution in [0.1, 0.15) is 25.0 Å². The highest BCUT2D eigenvalue weighted by atomic mass is 16.4. The molecule has 38 heavy (non-hydrogen) atoms. The fourth-order valence-electron chi connectivity index (χ4n) is 6.00. The minimum absolute atomic E-state index is 0.124. The van der Waals surface area contributed by atoms with E-state index in [-0.39, 0.29) is 5.41 Å². The van der Waals surface area contributed by atoms with Crippen molar-refractivity contribution in [3.05, 3.63) is 120 Å². The van der Waals surface area contributed by atoms with E-state index in [1.165, 1.54) is 22.3 Å². The minimum Gasteiger partial charge on any atom is -0.456 e. The fraction of sp³-hybridized carbons (Fsp3) is 0.0909. The lowest BCUT2D eigenvalue weighted by molar-refractivity contribution is 0.426. The molecular weight excluding hydrogens is 469 g/mol. The first kappa shape index (κ1) is 22.8. The number of anilines is 3. The Morgan fingerprint density at radius 2 is 1.34 bits per heavy atom. The smallest absolute Gasteiger partial charge is 0.456 e. The summed E-state index contributed by atoms with van der Waals surface area (Å²) in [5.74, 6) is 0. The highest BCUT2D eigenvalue weighted by Crippen LogP contribution is 2.54. The molecule has 0 spiro atoms. The van der Waals surface area contributed by atoms with Crippen LogP contribution in [0.15, 0.2) is 114 Å². The quantitative estimate of drug-likeness (QED) is 0.258. The van der Waals surface area contributed by atoms with Crippen molar-refractivity contribution in [2.24, 2.45) is 0 Å². The van der Waals surface area contributed by atoms with Crippen molar-refractivity contribution in [2.45, 2.75) is 19.3 Å². The van der Waals surface area contributed by atoms with Crippen LogP contribution < -0.4 is 10.4 Å². The summed E-state index contributed by atoms with van der Waals surface area (Å²) < 4.78 is 6.25. The fourth-order valence-corrected chi connectivity index (χ4v) is 6.00. The molecule has 1 aromatic heterocycles. The predicted molar refractivity (Wildman–Crippen MR) is 156 cm³/mol. The third-order valence-electron chi connectivity index (χ3n) is 7.90. The van der Waals surface area contributed by atoms with Crippen LogP contribution in [-0.4, -0.2) is 17.2 Å². The molecule has 0 amide bonds. The van der Waals surface area contributed by atoms with Crippen molar-refractivity contribution in [3.8, 4) is 11.1 Å². The maximum absolute atomic E-state index is 9.70. The van der Waals surface area contributed by atoms with Crippen LogP contribution >= 0.6 is 0 Å². The summed E-state index contributed by atoms with van der Waals surface area (Å²) in [5, 5.41) is 21.6. The second-order valence-corrected chi connectivity index (χ2v) is 10.4. The van der Waals surface area contributed by atoms with Gasteiger partial charge in [0.05, 0.1) is 5.69 Å². The molecule has 0 unspecified atom stereocenters. The van der Waals surface area contributed by atoms with Gasteiger partial charge in [0.25, 0.3) is 0 Å². The Morgan fingerprint density at radius 1 is 0.658 bits per heavy atom. The zero-order valence-electron chi connectivity index (χ0n) is 21.2. The molecule has 5 aromatic carbocycles. The molecule has 1 heterocycles. The first-order valence-corrected chi connectivity index (χ1v) is 12.8. The molecule has 1 aliphatic carbocycles. The highest BCUT2D eigenvalue weighted by Gasteiger charge is 2.37. The topological polar surface area (TPSA) is 56.8 Å². The second kappa shape index (κ2) is 8.35. The number of rotatable bonds is 4. The number of hydrogen-bond donors (Lipinski definition) is 2. The average molecular weight is 495 g/mol. The van der Waals surface area contributed by atoms with Gasteiger partial charge >= 0.3 is 7.12 Å². The van der Waals surface area contributed by atoms with E-state index in [1.807, 2.05) is 30.3 Å². The van der Waals surface area contributed by atoms with Gasteiger partial charge in [0.2, 0.25) is 0 Å². The number of fused-ring (bicyclic) bond motifs is 6. The molecule has 2 N–H and O–H groups in total. The molecule has 0 aliphatic heterocycles. The van der Waals surface area contributed by atoms with Gasteiger partial charge in [-0.25, -0.2) is 0 Å². The molecule has 5 heteroatoms. The summed E-state index contributed by atoms with van der Waals surface area (Å²) in [5.41, 5.74) is 10.0. The largest absolute Gasteiger partial charge is 0.488 e. The molecule has 0 bridgehead atoms. The second-order valence-electron chi connectivity index (χ2n) is 10.4. The monoisotopic (exact) mass is 495 g/mol. The Balaban J connectivity index is 1.49. The molecule has 7 rings (SSSR count). The van der Waals surface area contributed by atoms with E-state index in [2.05, 4.69) is 85.5 Å². The van der Waals surface area contributed by atoms with E-state index in [0.29, 0.717) is 5.46 Å². The number of para-hydroxylation sites is 1. The van der Waals surface area contributed by atoms with Gasteiger partial charge in [-0.05, 0) is 58.6 Å². The van der Waals surface area contributed by atoms with Crippen molar-refractivity contribution < 1.29 is 14.5 Å². The molecular formula is C33H26BNO3. The Morgan fingerprint density at radius 3 is 2.16 bits per heavy atom. The van der Waals surface area contributed by atoms with Gasteiger partial charge in [-0.3, -0.25) is 0 Å². The van der Waals surface area contributed by atoms with Gasteiger partial charge in [-0.15, -0.1) is 0 Å². The van der Waals surface area contributed by atoms with Crippen LogP contribution in [-0.2, 0) is 5.41 Å². The number of hydrogen-bond acceptors (Lipinski definition) is 4. The number of furan rings is 1. The van der Waals surface area contributed by atoms with Crippen LogP contribution in [0.4, 0.5) is 17.1 Å². The lowest BCUT2D eigenvalue weighted by Crippen LogP contribution is -2.29. The van der Waals surface area contributed by atoms with E-state index < -0.39 is 7.12 Å². The first-order chi connectivity index (χ1) is 18.4. The van der Waals surface area contributed by atoms with Crippen LogP contribution in [0, 0.1) is 0 Å². The molecule has 0 saturated carbocycles. The van der Waals surface area contributed by atoms with Crippen molar-refractivity contribution in [2.75, 3.05) is 4.90 Å². The van der Waals surface area contributed by atoms with Crippen molar-refractivity contribution in [1.82, 2.24) is 0 Å². The van der Waals surface area contributed by atoms with Gasteiger partial charge in [0.1, 0.15) is 11.2 Å².